The number of pyridine rings is 1. The molecule has 2 heterocycles. The number of aromatic nitrogens is 1. The predicted octanol–water partition coefficient (Wildman–Crippen LogP) is 5.57. The van der Waals surface area contributed by atoms with Gasteiger partial charge in [0.05, 0.1) is 24.2 Å². The summed E-state index contributed by atoms with van der Waals surface area (Å²) in [4.78, 5) is 17.5. The minimum atomic E-state index is -4.02. The van der Waals surface area contributed by atoms with Crippen molar-refractivity contribution in [3.05, 3.63) is 108 Å². The molecule has 8 nitrogen and oxygen atoms in total. The van der Waals surface area contributed by atoms with Gasteiger partial charge in [-0.15, -0.1) is 0 Å². The van der Waals surface area contributed by atoms with Crippen molar-refractivity contribution in [2.24, 2.45) is 0 Å². The molecule has 9 heteroatoms. The fourth-order valence-electron chi connectivity index (χ4n) is 4.62. The third kappa shape index (κ3) is 6.20. The van der Waals surface area contributed by atoms with Crippen LogP contribution in [0.4, 0.5) is 11.4 Å². The van der Waals surface area contributed by atoms with E-state index in [1.165, 1.54) is 23.5 Å². The zero-order valence-electron chi connectivity index (χ0n) is 23.5. The highest BCUT2D eigenvalue weighted by atomic mass is 32.2. The molecule has 5 rings (SSSR count). The van der Waals surface area contributed by atoms with Crippen molar-refractivity contribution in [3.63, 3.8) is 0 Å². The molecule has 1 N–H and O–H groups in total. The molecule has 1 aliphatic heterocycles. The summed E-state index contributed by atoms with van der Waals surface area (Å²) in [5, 5.41) is 2.88. The molecule has 0 saturated heterocycles. The molecule has 4 aromatic rings. The van der Waals surface area contributed by atoms with E-state index in [9.17, 15) is 13.2 Å². The van der Waals surface area contributed by atoms with Crippen molar-refractivity contribution in [1.82, 2.24) is 4.98 Å². The number of nitrogens with zero attached hydrogens (tertiary/aromatic N) is 2. The van der Waals surface area contributed by atoms with Gasteiger partial charge >= 0.3 is 0 Å². The maximum atomic E-state index is 13.9. The maximum Gasteiger partial charge on any atom is 0.267 e. The number of benzene rings is 3. The van der Waals surface area contributed by atoms with Crippen LogP contribution in [0.15, 0.2) is 96.2 Å². The molecule has 1 aromatic heterocycles. The summed E-state index contributed by atoms with van der Waals surface area (Å²) in [6.07, 6.45) is 3.20. The lowest BCUT2D eigenvalue weighted by molar-refractivity contribution is -0.122. The maximum absolute atomic E-state index is 13.9. The van der Waals surface area contributed by atoms with Gasteiger partial charge < -0.3 is 14.8 Å². The van der Waals surface area contributed by atoms with Gasteiger partial charge in [0.2, 0.25) is 0 Å². The van der Waals surface area contributed by atoms with Crippen LogP contribution in [0.2, 0.25) is 0 Å². The quantitative estimate of drug-likeness (QED) is 0.311. The Hall–Kier alpha value is -4.37. The molecular formula is C32H33N3O5S. The van der Waals surface area contributed by atoms with E-state index in [0.29, 0.717) is 22.9 Å². The number of methoxy groups -OCH3 is 1. The number of sulfonamides is 1. The van der Waals surface area contributed by atoms with Gasteiger partial charge in [-0.3, -0.25) is 14.1 Å². The monoisotopic (exact) mass is 571 g/mol. The molecule has 0 unspecified atom stereocenters. The molecule has 41 heavy (non-hydrogen) atoms. The number of carbonyl (C=O) groups excluding carboxylic acids is 1. The Bertz CT molecular complexity index is 1630. The summed E-state index contributed by atoms with van der Waals surface area (Å²) in [5.41, 5.74) is 3.95. The second kappa shape index (κ2) is 11.2. The molecular weight excluding hydrogens is 538 g/mol. The molecule has 0 spiro atoms. The first-order valence-electron chi connectivity index (χ1n) is 13.3. The summed E-state index contributed by atoms with van der Waals surface area (Å²) in [6.45, 7) is 5.98. The largest absolute Gasteiger partial charge is 0.497 e. The van der Waals surface area contributed by atoms with Crippen LogP contribution >= 0.6 is 0 Å². The molecule has 1 amide bonds. The standard InChI is InChI=1S/C32H33N3O5S/c1-32(2,3)24-7-14-29-28(20-24)35(41(37,38)27-12-10-26(39-4)11-13-27)21-30(40-29)31(36)34-25-8-5-22(6-9-25)19-23-15-17-33-18-16-23/h5-18,20,30H,19,21H2,1-4H3,(H,34,36)/t30-/m1/s1. The van der Waals surface area contributed by atoms with Gasteiger partial charge in [0, 0.05) is 18.1 Å². The van der Waals surface area contributed by atoms with E-state index in [4.69, 9.17) is 9.47 Å². The molecule has 1 aliphatic rings. The fraction of sp³-hybridized carbons (Fsp3) is 0.250. The summed E-state index contributed by atoms with van der Waals surface area (Å²) in [7, 11) is -2.50. The highest BCUT2D eigenvalue weighted by molar-refractivity contribution is 7.92. The number of nitrogens with one attached hydrogen (secondary N) is 1. The van der Waals surface area contributed by atoms with Crippen molar-refractivity contribution in [3.8, 4) is 11.5 Å². The number of rotatable bonds is 7. The van der Waals surface area contributed by atoms with Crippen LogP contribution in [-0.4, -0.2) is 39.1 Å². The van der Waals surface area contributed by atoms with Crippen molar-refractivity contribution in [1.29, 1.82) is 0 Å². The highest BCUT2D eigenvalue weighted by Crippen LogP contribution is 2.40. The molecule has 0 fully saturated rings. The van der Waals surface area contributed by atoms with E-state index >= 15 is 0 Å². The fourth-order valence-corrected chi connectivity index (χ4v) is 6.09. The first-order valence-corrected chi connectivity index (χ1v) is 14.8. The van der Waals surface area contributed by atoms with Gasteiger partial charge in [-0.2, -0.15) is 0 Å². The molecule has 0 saturated carbocycles. The van der Waals surface area contributed by atoms with Crippen LogP contribution in [0.5, 0.6) is 11.5 Å². The average molecular weight is 572 g/mol. The number of amides is 1. The van der Waals surface area contributed by atoms with E-state index < -0.39 is 22.0 Å². The lowest BCUT2D eigenvalue weighted by Crippen LogP contribution is -2.49. The summed E-state index contributed by atoms with van der Waals surface area (Å²) in [5.74, 6) is 0.437. The van der Waals surface area contributed by atoms with E-state index in [1.807, 2.05) is 48.5 Å². The van der Waals surface area contributed by atoms with Gasteiger partial charge in [0.1, 0.15) is 11.5 Å². The summed E-state index contributed by atoms with van der Waals surface area (Å²) in [6, 6.07) is 23.1. The Kier molecular flexibility index (Phi) is 7.73. The minimum Gasteiger partial charge on any atom is -0.497 e. The predicted molar refractivity (Wildman–Crippen MR) is 159 cm³/mol. The average Bonchev–Trinajstić information content (AvgIpc) is 2.97. The van der Waals surface area contributed by atoms with Crippen LogP contribution < -0.4 is 19.1 Å². The summed E-state index contributed by atoms with van der Waals surface area (Å²) >= 11 is 0. The molecule has 212 valence electrons. The number of fused-ring (bicyclic) bond motifs is 1. The van der Waals surface area contributed by atoms with Crippen LogP contribution in [0, 0.1) is 0 Å². The smallest absolute Gasteiger partial charge is 0.267 e. The van der Waals surface area contributed by atoms with Crippen LogP contribution in [0.25, 0.3) is 0 Å². The van der Waals surface area contributed by atoms with Crippen LogP contribution in [0.3, 0.4) is 0 Å². The molecule has 0 aliphatic carbocycles. The van der Waals surface area contributed by atoms with Crippen molar-refractivity contribution in [2.45, 2.75) is 43.6 Å². The molecule has 1 atom stereocenters. The lowest BCUT2D eigenvalue weighted by atomic mass is 9.86. The number of carbonyl (C=O) groups is 1. The van der Waals surface area contributed by atoms with E-state index in [-0.39, 0.29) is 16.9 Å². The van der Waals surface area contributed by atoms with Crippen LogP contribution in [-0.2, 0) is 26.7 Å². The molecule has 0 radical (unpaired) electrons. The normalized spacial score (nSPS) is 15.0. The van der Waals surface area contributed by atoms with Gasteiger partial charge in [-0.05, 0) is 89.2 Å². The number of anilines is 2. The summed E-state index contributed by atoms with van der Waals surface area (Å²) < 4.78 is 40.4. The van der Waals surface area contributed by atoms with Gasteiger partial charge in [-0.25, -0.2) is 8.42 Å². The third-order valence-electron chi connectivity index (χ3n) is 7.01. The third-order valence-corrected chi connectivity index (χ3v) is 8.81. The second-order valence-corrected chi connectivity index (χ2v) is 12.8. The molecule has 3 aromatic carbocycles. The number of hydrogen-bond donors (Lipinski definition) is 1. The van der Waals surface area contributed by atoms with Crippen molar-refractivity contribution >= 4 is 27.3 Å². The Morgan fingerprint density at radius 2 is 1.63 bits per heavy atom. The van der Waals surface area contributed by atoms with E-state index in [2.05, 4.69) is 31.1 Å². The minimum absolute atomic E-state index is 0.0938. The van der Waals surface area contributed by atoms with Gasteiger partial charge in [0.15, 0.2) is 6.10 Å². The zero-order valence-corrected chi connectivity index (χ0v) is 24.3. The first-order chi connectivity index (χ1) is 19.5. The van der Waals surface area contributed by atoms with Crippen molar-refractivity contribution < 1.29 is 22.7 Å². The van der Waals surface area contributed by atoms with E-state index in [1.54, 1.807) is 30.6 Å². The Morgan fingerprint density at radius 3 is 2.27 bits per heavy atom. The number of ether oxygens (including phenoxy) is 2. The van der Waals surface area contributed by atoms with Gasteiger partial charge in [0.25, 0.3) is 15.9 Å². The second-order valence-electron chi connectivity index (χ2n) is 11.0. The topological polar surface area (TPSA) is 97.8 Å². The Labute approximate surface area is 241 Å². The van der Waals surface area contributed by atoms with Crippen molar-refractivity contribution in [2.75, 3.05) is 23.3 Å². The van der Waals surface area contributed by atoms with Gasteiger partial charge in [-0.1, -0.05) is 39.0 Å². The number of hydrogen-bond acceptors (Lipinski definition) is 6. The zero-order chi connectivity index (χ0) is 29.2. The Morgan fingerprint density at radius 1 is 0.976 bits per heavy atom. The SMILES string of the molecule is COc1ccc(S(=O)(=O)N2C[C@H](C(=O)Nc3ccc(Cc4ccncc4)cc3)Oc3ccc(C(C)(C)C)cc32)cc1. The molecule has 0 bridgehead atoms. The Balaban J connectivity index is 1.41. The van der Waals surface area contributed by atoms with E-state index in [0.717, 1.165) is 23.1 Å². The van der Waals surface area contributed by atoms with Crippen LogP contribution in [0.1, 0.15) is 37.5 Å². The lowest BCUT2D eigenvalue weighted by Gasteiger charge is -2.36. The highest BCUT2D eigenvalue weighted by Gasteiger charge is 2.38. The first kappa shape index (κ1) is 28.2.